The molecule has 0 aromatic heterocycles. The van der Waals surface area contributed by atoms with Crippen molar-refractivity contribution in [2.24, 2.45) is 11.0 Å². The number of ether oxygens (including phenoxy) is 1. The maximum atomic E-state index is 11.4. The quantitative estimate of drug-likeness (QED) is 0.120. The molecule has 0 aromatic rings. The van der Waals surface area contributed by atoms with E-state index in [1.807, 2.05) is 6.08 Å². The summed E-state index contributed by atoms with van der Waals surface area (Å²) in [6.07, 6.45) is 17.1. The zero-order valence-corrected chi connectivity index (χ0v) is 16.7. The molecule has 0 aromatic carbocycles. The fraction of sp³-hybridized carbons (Fsp3) is 0.850. The van der Waals surface area contributed by atoms with Crippen molar-refractivity contribution >= 4 is 5.97 Å². The number of nitrogens with zero attached hydrogens (tertiary/aromatic N) is 2. The van der Waals surface area contributed by atoms with Gasteiger partial charge in [-0.1, -0.05) is 76.5 Å². The summed E-state index contributed by atoms with van der Waals surface area (Å²) >= 11 is 0. The molecule has 0 spiro atoms. The number of methoxy groups -OCH3 is 1. The first-order chi connectivity index (χ1) is 12.0. The number of esters is 1. The first-order valence-electron chi connectivity index (χ1n) is 9.89. The number of carbonyl (C=O) groups is 1. The third kappa shape index (κ3) is 15.9. The van der Waals surface area contributed by atoms with Crippen molar-refractivity contribution in [2.45, 2.75) is 97.4 Å². The highest BCUT2D eigenvalue weighted by molar-refractivity contribution is 5.74. The van der Waals surface area contributed by atoms with E-state index in [4.69, 9.17) is 0 Å². The second-order valence-corrected chi connectivity index (χ2v) is 7.16. The summed E-state index contributed by atoms with van der Waals surface area (Å²) in [7, 11) is 1.28. The van der Waals surface area contributed by atoms with Crippen LogP contribution in [-0.2, 0) is 9.53 Å². The van der Waals surface area contributed by atoms with Crippen molar-refractivity contribution in [1.29, 1.82) is 0 Å². The molecule has 1 atom stereocenters. The van der Waals surface area contributed by atoms with Crippen LogP contribution in [0, 0.1) is 11.1 Å². The molecule has 0 amide bonds. The number of rotatable bonds is 15. The number of carbonyl (C=O) groups excluding carboxylic acids is 1. The van der Waals surface area contributed by atoms with Gasteiger partial charge in [-0.05, 0) is 36.9 Å². The molecule has 0 saturated carbocycles. The Morgan fingerprint density at radius 2 is 1.52 bits per heavy atom. The van der Waals surface area contributed by atoms with Crippen LogP contribution < -0.4 is 0 Å². The van der Waals surface area contributed by atoms with Gasteiger partial charge < -0.3 is 9.94 Å². The van der Waals surface area contributed by atoms with Gasteiger partial charge in [0.25, 0.3) is 0 Å². The van der Waals surface area contributed by atoms with Crippen molar-refractivity contribution < 1.29 is 14.4 Å². The minimum absolute atomic E-state index is 0.445. The predicted molar refractivity (Wildman–Crippen MR) is 102 cm³/mol. The van der Waals surface area contributed by atoms with E-state index < -0.39 is 12.0 Å². The van der Waals surface area contributed by atoms with Crippen LogP contribution in [-0.4, -0.2) is 24.0 Å². The number of azo groups is 1. The Balaban J connectivity index is 3.48. The van der Waals surface area contributed by atoms with E-state index in [-0.39, 0.29) is 0 Å². The molecule has 0 unspecified atom stereocenters. The fourth-order valence-corrected chi connectivity index (χ4v) is 2.64. The molecular weight excluding hydrogens is 316 g/mol. The Bertz CT molecular complexity index is 392. The maximum absolute atomic E-state index is 11.4. The maximum Gasteiger partial charge on any atom is 0.336 e. The lowest BCUT2D eigenvalue weighted by Crippen LogP contribution is -2.17. The summed E-state index contributed by atoms with van der Waals surface area (Å²) in [4.78, 5) is 11.6. The van der Waals surface area contributed by atoms with Crippen LogP contribution in [0.4, 0.5) is 0 Å². The molecule has 0 bridgehead atoms. The normalized spacial score (nSPS) is 13.6. The van der Waals surface area contributed by atoms with Crippen molar-refractivity contribution in [2.75, 3.05) is 7.11 Å². The van der Waals surface area contributed by atoms with Gasteiger partial charge in [-0.2, -0.15) is 0 Å². The molecule has 0 aliphatic carbocycles. The van der Waals surface area contributed by atoms with E-state index in [9.17, 15) is 10.0 Å². The first-order valence-corrected chi connectivity index (χ1v) is 9.89. The van der Waals surface area contributed by atoms with E-state index in [2.05, 4.69) is 23.7 Å². The molecule has 0 N–H and O–H groups in total. The van der Waals surface area contributed by atoms with Gasteiger partial charge in [0.15, 0.2) is 0 Å². The monoisotopic (exact) mass is 354 g/mol. The van der Waals surface area contributed by atoms with Gasteiger partial charge in [0.05, 0.1) is 7.11 Å². The Kier molecular flexibility index (Phi) is 15.2. The Labute approximate surface area is 154 Å². The van der Waals surface area contributed by atoms with Gasteiger partial charge in [-0.15, -0.1) is 0 Å². The fourth-order valence-electron chi connectivity index (χ4n) is 2.64. The minimum atomic E-state index is -0.766. The molecule has 0 heterocycles. The van der Waals surface area contributed by atoms with Crippen LogP contribution in [0.3, 0.4) is 0 Å². The molecule has 0 saturated heterocycles. The van der Waals surface area contributed by atoms with Crippen LogP contribution in [0.2, 0.25) is 0 Å². The number of hydroxylamine groups is 1. The first kappa shape index (κ1) is 23.6. The average molecular weight is 355 g/mol. The van der Waals surface area contributed by atoms with Crippen LogP contribution in [0.25, 0.3) is 0 Å². The van der Waals surface area contributed by atoms with E-state index in [1.54, 1.807) is 0 Å². The van der Waals surface area contributed by atoms with E-state index >= 15 is 0 Å². The number of hydrogen-bond acceptors (Lipinski definition) is 4. The molecule has 0 radical (unpaired) electrons. The number of allylic oxidation sites excluding steroid dienone is 1. The summed E-state index contributed by atoms with van der Waals surface area (Å²) < 4.78 is 4.52. The summed E-state index contributed by atoms with van der Waals surface area (Å²) in [5, 5.41) is 15.1. The van der Waals surface area contributed by atoms with Gasteiger partial charge in [-0.3, -0.25) is 0 Å². The highest BCUT2D eigenvalue weighted by atomic mass is 16.5. The van der Waals surface area contributed by atoms with Crippen molar-refractivity contribution in [1.82, 2.24) is 0 Å². The van der Waals surface area contributed by atoms with Crippen LogP contribution in [0.1, 0.15) is 91.4 Å². The van der Waals surface area contributed by atoms with Gasteiger partial charge in [0.1, 0.15) is 0 Å². The van der Waals surface area contributed by atoms with Gasteiger partial charge in [0, 0.05) is 0 Å². The highest BCUT2D eigenvalue weighted by Gasteiger charge is 2.14. The molecule has 25 heavy (non-hydrogen) atoms. The molecule has 0 rings (SSSR count). The lowest BCUT2D eigenvalue weighted by Gasteiger charge is -2.04. The molecule has 0 fully saturated rings. The van der Waals surface area contributed by atoms with Crippen LogP contribution >= 0.6 is 0 Å². The molecule has 5 heteroatoms. The van der Waals surface area contributed by atoms with Gasteiger partial charge in [0.2, 0.25) is 12.2 Å². The average Bonchev–Trinajstić information content (AvgIpc) is 2.57. The van der Waals surface area contributed by atoms with Gasteiger partial charge >= 0.3 is 5.97 Å². The highest BCUT2D eigenvalue weighted by Crippen LogP contribution is 2.13. The summed E-state index contributed by atoms with van der Waals surface area (Å²) in [5.41, 5.74) is 0. The zero-order chi connectivity index (χ0) is 18.9. The van der Waals surface area contributed by atoms with Gasteiger partial charge in [-0.25, -0.2) is 4.79 Å². The molecule has 0 aliphatic rings. The summed E-state index contributed by atoms with van der Waals surface area (Å²) in [6.45, 7) is 6.12. The standard InChI is InChI=1S/C20H38N2O3/c1-18(2)16-14-12-10-8-6-5-7-9-11-13-15-17-22(24)21-19(3)20(23)25-4/h15,17-19H,5-14,16H2,1-4H3/b17-15-,22-21?/t19-/m0/s1. The zero-order valence-electron chi connectivity index (χ0n) is 16.7. The topological polar surface area (TPSA) is 64.7 Å². The third-order valence-electron chi connectivity index (χ3n) is 4.21. The Morgan fingerprint density at radius 1 is 1.00 bits per heavy atom. The third-order valence-corrected chi connectivity index (χ3v) is 4.21. The number of unbranched alkanes of at least 4 members (excludes halogenated alkanes) is 9. The Hall–Kier alpha value is -1.39. The molecule has 146 valence electrons. The molecule has 5 nitrogen and oxygen atoms in total. The van der Waals surface area contributed by atoms with Crippen molar-refractivity contribution in [3.8, 4) is 0 Å². The van der Waals surface area contributed by atoms with Crippen molar-refractivity contribution in [3.63, 3.8) is 0 Å². The lowest BCUT2D eigenvalue weighted by atomic mass is 10.0. The minimum Gasteiger partial charge on any atom is -0.595 e. The second-order valence-electron chi connectivity index (χ2n) is 7.16. The second kappa shape index (κ2) is 16.1. The molecular formula is C20H38N2O3. The largest absolute Gasteiger partial charge is 0.595 e. The SMILES string of the molecule is COC(=O)[C@H](C)N=[N+]([O-])/C=C\CCCCCCCCCCCC(C)C. The lowest BCUT2D eigenvalue weighted by molar-refractivity contribution is -0.461. The molecule has 0 aliphatic heterocycles. The Morgan fingerprint density at radius 3 is 2.04 bits per heavy atom. The van der Waals surface area contributed by atoms with E-state index in [0.717, 1.165) is 18.8 Å². The van der Waals surface area contributed by atoms with Crippen LogP contribution in [0.5, 0.6) is 0 Å². The summed E-state index contributed by atoms with van der Waals surface area (Å²) in [6, 6.07) is -0.766. The summed E-state index contributed by atoms with van der Waals surface area (Å²) in [5.74, 6) is 0.335. The van der Waals surface area contributed by atoms with Crippen molar-refractivity contribution in [3.05, 3.63) is 17.5 Å². The van der Waals surface area contributed by atoms with E-state index in [1.165, 1.54) is 78.0 Å². The van der Waals surface area contributed by atoms with E-state index in [0.29, 0.717) is 4.86 Å². The smallest absolute Gasteiger partial charge is 0.336 e. The predicted octanol–water partition coefficient (Wildman–Crippen LogP) is 5.97. The number of hydrogen-bond donors (Lipinski definition) is 0. The van der Waals surface area contributed by atoms with Crippen LogP contribution in [0.15, 0.2) is 17.4 Å².